The van der Waals surface area contributed by atoms with E-state index < -0.39 is 34.7 Å². The summed E-state index contributed by atoms with van der Waals surface area (Å²) in [5.41, 5.74) is 2.66. The molecule has 0 saturated heterocycles. The van der Waals surface area contributed by atoms with Crippen LogP contribution in [0.15, 0.2) is 71.8 Å². The van der Waals surface area contributed by atoms with Crippen molar-refractivity contribution < 1.29 is 22.1 Å². The molecule has 4 aromatic rings. The molecule has 0 aliphatic heterocycles. The average Bonchev–Trinajstić information content (AvgIpc) is 3.16. The fourth-order valence-electron chi connectivity index (χ4n) is 3.86. The summed E-state index contributed by atoms with van der Waals surface area (Å²) >= 11 is 6.07. The van der Waals surface area contributed by atoms with Gasteiger partial charge < -0.3 is 9.67 Å². The van der Waals surface area contributed by atoms with Gasteiger partial charge in [-0.1, -0.05) is 41.4 Å². The van der Waals surface area contributed by atoms with E-state index in [1.54, 1.807) is 48.0 Å². The van der Waals surface area contributed by atoms with E-state index in [0.717, 1.165) is 10.9 Å². The highest BCUT2D eigenvalue weighted by molar-refractivity contribution is 7.86. The molecule has 33 heavy (non-hydrogen) atoms. The summed E-state index contributed by atoms with van der Waals surface area (Å²) in [6, 6.07) is 14.7. The molecule has 0 unspecified atom stereocenters. The Morgan fingerprint density at radius 3 is 2.55 bits per heavy atom. The third-order valence-corrected chi connectivity index (χ3v) is 6.89. The molecule has 1 N–H and O–H groups in total. The van der Waals surface area contributed by atoms with Crippen LogP contribution in [0.3, 0.4) is 0 Å². The van der Waals surface area contributed by atoms with Gasteiger partial charge in [-0.05, 0) is 55.8 Å². The van der Waals surface area contributed by atoms with Crippen molar-refractivity contribution in [2.75, 3.05) is 6.61 Å². The lowest BCUT2D eigenvalue weighted by molar-refractivity contribution is 0.0784. The second kappa shape index (κ2) is 9.23. The van der Waals surface area contributed by atoms with Crippen LogP contribution in [0.5, 0.6) is 0 Å². The molecule has 2 aromatic heterocycles. The summed E-state index contributed by atoms with van der Waals surface area (Å²) < 4.78 is 46.2. The number of halogens is 2. The lowest BCUT2D eigenvalue weighted by atomic mass is 10.0. The van der Waals surface area contributed by atoms with Crippen LogP contribution in [0, 0.1) is 19.7 Å². The summed E-state index contributed by atoms with van der Waals surface area (Å²) in [5.74, 6) is -0.479. The molecule has 6 nitrogen and oxygen atoms in total. The Morgan fingerprint density at radius 1 is 1.12 bits per heavy atom. The smallest absolute Gasteiger partial charge is 0.297 e. The molecule has 0 spiro atoms. The zero-order valence-electron chi connectivity index (χ0n) is 17.9. The quantitative estimate of drug-likeness (QED) is 0.298. The number of benzene rings is 2. The molecule has 0 saturated carbocycles. The molecular weight excluding hydrogens is 467 g/mol. The van der Waals surface area contributed by atoms with Gasteiger partial charge in [0, 0.05) is 11.6 Å². The normalized spacial score (nSPS) is 13.8. The number of aromatic nitrogens is 2. The van der Waals surface area contributed by atoms with Gasteiger partial charge in [0.05, 0.1) is 28.8 Å². The molecule has 0 amide bonds. The Hall–Kier alpha value is -2.78. The maximum absolute atomic E-state index is 14.1. The molecule has 0 bridgehead atoms. The van der Waals surface area contributed by atoms with Gasteiger partial charge in [-0.2, -0.15) is 8.42 Å². The van der Waals surface area contributed by atoms with Crippen LogP contribution in [0.25, 0.3) is 10.9 Å². The van der Waals surface area contributed by atoms with Crippen LogP contribution >= 0.6 is 11.6 Å². The molecule has 0 aliphatic rings. The van der Waals surface area contributed by atoms with Crippen molar-refractivity contribution >= 4 is 32.6 Å². The van der Waals surface area contributed by atoms with Crippen molar-refractivity contribution in [3.05, 3.63) is 94.7 Å². The van der Waals surface area contributed by atoms with Crippen LogP contribution in [-0.2, 0) is 14.3 Å². The molecule has 0 fully saturated rings. The highest BCUT2D eigenvalue weighted by Gasteiger charge is 2.28. The zero-order valence-corrected chi connectivity index (χ0v) is 19.5. The van der Waals surface area contributed by atoms with Gasteiger partial charge in [0.25, 0.3) is 10.1 Å². The third-order valence-electron chi connectivity index (χ3n) is 5.40. The summed E-state index contributed by atoms with van der Waals surface area (Å²) in [6.45, 7) is 3.09. The van der Waals surface area contributed by atoms with E-state index in [4.69, 9.17) is 15.8 Å². The first kappa shape index (κ1) is 23.4. The summed E-state index contributed by atoms with van der Waals surface area (Å²) in [5, 5.41) is 12.2. The first-order valence-corrected chi connectivity index (χ1v) is 12.0. The van der Waals surface area contributed by atoms with Gasteiger partial charge in [-0.25, -0.2) is 9.37 Å². The van der Waals surface area contributed by atoms with Gasteiger partial charge in [0.2, 0.25) is 0 Å². The molecule has 2 atom stereocenters. The second-order valence-corrected chi connectivity index (χ2v) is 9.81. The molecule has 0 aliphatic carbocycles. The van der Waals surface area contributed by atoms with E-state index in [1.807, 2.05) is 6.92 Å². The van der Waals surface area contributed by atoms with Crippen molar-refractivity contribution in [1.82, 2.24) is 9.55 Å². The monoisotopic (exact) mass is 488 g/mol. The van der Waals surface area contributed by atoms with Crippen LogP contribution in [0.1, 0.15) is 22.9 Å². The van der Waals surface area contributed by atoms with Crippen molar-refractivity contribution in [3.63, 3.8) is 0 Å². The maximum Gasteiger partial charge on any atom is 0.297 e. The number of hydrogen-bond acceptors (Lipinski definition) is 5. The Kier molecular flexibility index (Phi) is 6.54. The topological polar surface area (TPSA) is 81.4 Å². The highest BCUT2D eigenvalue weighted by Crippen LogP contribution is 2.31. The summed E-state index contributed by atoms with van der Waals surface area (Å²) in [6.07, 6.45) is 0.404. The number of aliphatic hydroxyl groups excluding tert-OH is 1. The fourth-order valence-corrected chi connectivity index (χ4v) is 5.03. The zero-order chi connectivity index (χ0) is 23.8. The van der Waals surface area contributed by atoms with Gasteiger partial charge in [0.1, 0.15) is 17.1 Å². The van der Waals surface area contributed by atoms with Crippen molar-refractivity contribution in [2.45, 2.75) is 30.9 Å². The van der Waals surface area contributed by atoms with Gasteiger partial charge in [-0.15, -0.1) is 0 Å². The number of aliphatic hydroxyl groups is 1. The van der Waals surface area contributed by atoms with E-state index in [1.165, 1.54) is 30.3 Å². The largest absolute Gasteiger partial charge is 0.388 e. The first-order chi connectivity index (χ1) is 15.7. The number of rotatable bonds is 7. The number of fused-ring (bicyclic) bond motifs is 1. The molecule has 2 aromatic carbocycles. The average molecular weight is 489 g/mol. The standard InChI is InChI=1S/C24H22ClFN2O4S/c1-15-6-8-20(9-7-15)33(30,31)32-14-21(29)24(17-4-3-5-19(26)12-17)28-11-10-18-13-22(25)27-16(2)23(18)28/h3-13,21,24,29H,14H2,1-2H3/t21-,24+/m1/s1. The molecule has 0 radical (unpaired) electrons. The Morgan fingerprint density at radius 2 is 1.85 bits per heavy atom. The molecular formula is C24H22ClFN2O4S. The lowest BCUT2D eigenvalue weighted by Gasteiger charge is -2.26. The van der Waals surface area contributed by atoms with Gasteiger partial charge in [0.15, 0.2) is 0 Å². The number of nitrogens with zero attached hydrogens (tertiary/aromatic N) is 2. The van der Waals surface area contributed by atoms with E-state index in [2.05, 4.69) is 4.98 Å². The van der Waals surface area contributed by atoms with Crippen molar-refractivity contribution in [1.29, 1.82) is 0 Å². The van der Waals surface area contributed by atoms with Crippen LogP contribution in [0.2, 0.25) is 5.15 Å². The highest BCUT2D eigenvalue weighted by atomic mass is 35.5. The maximum atomic E-state index is 14.1. The molecule has 4 rings (SSSR count). The van der Waals surface area contributed by atoms with Crippen LogP contribution in [-0.4, -0.2) is 35.8 Å². The molecule has 172 valence electrons. The Bertz CT molecular complexity index is 1400. The van der Waals surface area contributed by atoms with E-state index in [0.29, 0.717) is 21.9 Å². The van der Waals surface area contributed by atoms with Crippen molar-refractivity contribution in [3.8, 4) is 0 Å². The third kappa shape index (κ3) is 4.94. The van der Waals surface area contributed by atoms with Crippen molar-refractivity contribution in [2.24, 2.45) is 0 Å². The first-order valence-electron chi connectivity index (χ1n) is 10.2. The minimum absolute atomic E-state index is 0.0105. The predicted molar refractivity (Wildman–Crippen MR) is 124 cm³/mol. The Balaban J connectivity index is 1.71. The van der Waals surface area contributed by atoms with Gasteiger partial charge >= 0.3 is 0 Å². The van der Waals surface area contributed by atoms with E-state index >= 15 is 0 Å². The number of hydrogen-bond donors (Lipinski definition) is 1. The minimum atomic E-state index is -4.09. The summed E-state index contributed by atoms with van der Waals surface area (Å²) in [7, 11) is -4.09. The second-order valence-electron chi connectivity index (χ2n) is 7.81. The van der Waals surface area contributed by atoms with Gasteiger partial charge in [-0.3, -0.25) is 4.18 Å². The molecule has 2 heterocycles. The summed E-state index contributed by atoms with van der Waals surface area (Å²) in [4.78, 5) is 4.27. The minimum Gasteiger partial charge on any atom is -0.388 e. The number of aryl methyl sites for hydroxylation is 2. The van der Waals surface area contributed by atoms with Crippen LogP contribution in [0.4, 0.5) is 4.39 Å². The fraction of sp³-hybridized carbons (Fsp3) is 0.208. The Labute approximate surface area is 196 Å². The molecule has 9 heteroatoms. The SMILES string of the molecule is Cc1ccc(S(=O)(=O)OC[C@@H](O)[C@H](c2cccc(F)c2)n2ccc3cc(Cl)nc(C)c32)cc1. The lowest BCUT2D eigenvalue weighted by Crippen LogP contribution is -2.30. The predicted octanol–water partition coefficient (Wildman–Crippen LogP) is 4.80. The number of pyridine rings is 1. The van der Waals surface area contributed by atoms with E-state index in [-0.39, 0.29) is 4.90 Å². The van der Waals surface area contributed by atoms with E-state index in [9.17, 15) is 17.9 Å². The van der Waals surface area contributed by atoms with Crippen LogP contribution < -0.4 is 0 Å².